The normalized spacial score (nSPS) is 12.8. The first-order chi connectivity index (χ1) is 36.5. The van der Waals surface area contributed by atoms with Crippen molar-refractivity contribution in [1.82, 2.24) is 5.32 Å². The highest BCUT2D eigenvalue weighted by Crippen LogP contribution is 2.18. The van der Waals surface area contributed by atoms with E-state index >= 15 is 0 Å². The van der Waals surface area contributed by atoms with Gasteiger partial charge in [0.05, 0.1) is 25.4 Å². The Morgan fingerprint density at radius 3 is 1.04 bits per heavy atom. The first kappa shape index (κ1) is 72.1. The highest BCUT2D eigenvalue weighted by molar-refractivity contribution is 5.76. The second kappa shape index (κ2) is 63.6. The molecule has 436 valence electrons. The van der Waals surface area contributed by atoms with Gasteiger partial charge in [-0.25, -0.2) is 0 Å². The Kier molecular flexibility index (Phi) is 62.0. The van der Waals surface area contributed by atoms with E-state index in [0.29, 0.717) is 25.9 Å². The Labute approximate surface area is 462 Å². The summed E-state index contributed by atoms with van der Waals surface area (Å²) in [4.78, 5) is 24.5. The third-order valence-electron chi connectivity index (χ3n) is 15.4. The summed E-state index contributed by atoms with van der Waals surface area (Å²) in [5, 5.41) is 23.3. The van der Waals surface area contributed by atoms with Crippen molar-refractivity contribution in [2.75, 3.05) is 13.2 Å². The van der Waals surface area contributed by atoms with Crippen LogP contribution in [0.3, 0.4) is 0 Å². The van der Waals surface area contributed by atoms with Gasteiger partial charge in [-0.2, -0.15) is 0 Å². The number of rotatable bonds is 62. The van der Waals surface area contributed by atoms with Crippen molar-refractivity contribution in [2.24, 2.45) is 0 Å². The third-order valence-corrected chi connectivity index (χ3v) is 15.4. The zero-order valence-corrected chi connectivity index (χ0v) is 49.8. The number of aliphatic hydroxyl groups is 2. The van der Waals surface area contributed by atoms with Crippen LogP contribution in [0.1, 0.15) is 361 Å². The van der Waals surface area contributed by atoms with Gasteiger partial charge in [-0.3, -0.25) is 9.59 Å². The highest BCUT2D eigenvalue weighted by atomic mass is 16.5. The van der Waals surface area contributed by atoms with Gasteiger partial charge in [-0.05, 0) is 83.5 Å². The summed E-state index contributed by atoms with van der Waals surface area (Å²) in [6, 6.07) is -0.544. The average Bonchev–Trinajstić information content (AvgIpc) is 3.40. The number of carbonyl (C=O) groups is 2. The standard InChI is InChI=1S/C68H129NO5/c1-3-5-7-9-11-13-15-17-19-33-36-40-44-48-52-56-60-66(71)65(64-70)69-67(72)61-57-53-49-45-41-37-34-31-29-27-25-23-21-20-22-24-26-28-30-32-35-39-43-47-51-55-59-63-74-68(73)62-58-54-50-46-42-38-18-16-14-12-10-8-6-4-2/h16,18,20-21,24,26,65-66,70-71H,3-15,17,19,22-23,25,27-64H2,1-2H3,(H,69,72)/b18-16-,21-20-,26-24-. The minimum Gasteiger partial charge on any atom is -0.466 e. The fraction of sp³-hybridized carbons (Fsp3) is 0.882. The minimum atomic E-state index is -0.667. The molecule has 74 heavy (non-hydrogen) atoms. The number of ether oxygens (including phenoxy) is 1. The summed E-state index contributed by atoms with van der Waals surface area (Å²) in [5.41, 5.74) is 0. The maximum Gasteiger partial charge on any atom is 0.305 e. The topological polar surface area (TPSA) is 95.9 Å². The van der Waals surface area contributed by atoms with Crippen LogP contribution in [0, 0.1) is 0 Å². The molecule has 6 nitrogen and oxygen atoms in total. The summed E-state index contributed by atoms with van der Waals surface area (Å²) in [7, 11) is 0. The first-order valence-electron chi connectivity index (χ1n) is 33.2. The van der Waals surface area contributed by atoms with Gasteiger partial charge >= 0.3 is 5.97 Å². The molecule has 0 bridgehead atoms. The maximum atomic E-state index is 12.5. The SMILES string of the molecule is CCCCCCC/C=C\CCCCCCCC(=O)OCCCCCCCCCCC/C=C\C/C=C\CCCCCCCCCCCCCC(=O)NC(CO)C(O)CCCCCCCCCCCCCCCCCC. The lowest BCUT2D eigenvalue weighted by molar-refractivity contribution is -0.143. The Bertz CT molecular complexity index is 1200. The molecule has 0 heterocycles. The number of unbranched alkanes of at least 4 members (excludes halogenated alkanes) is 45. The number of nitrogens with one attached hydrogen (secondary N) is 1. The van der Waals surface area contributed by atoms with Crippen LogP contribution in [0.25, 0.3) is 0 Å². The van der Waals surface area contributed by atoms with Crippen molar-refractivity contribution in [2.45, 2.75) is 373 Å². The van der Waals surface area contributed by atoms with Crippen LogP contribution in [-0.2, 0) is 14.3 Å². The molecule has 0 aliphatic carbocycles. The van der Waals surface area contributed by atoms with Crippen molar-refractivity contribution in [1.29, 1.82) is 0 Å². The van der Waals surface area contributed by atoms with Crippen LogP contribution in [0.4, 0.5) is 0 Å². The molecule has 0 spiro atoms. The van der Waals surface area contributed by atoms with Crippen molar-refractivity contribution >= 4 is 11.9 Å². The summed E-state index contributed by atoms with van der Waals surface area (Å²) >= 11 is 0. The van der Waals surface area contributed by atoms with Gasteiger partial charge in [0, 0.05) is 12.8 Å². The summed E-state index contributed by atoms with van der Waals surface area (Å²) in [6.45, 7) is 4.96. The first-order valence-corrected chi connectivity index (χ1v) is 33.2. The molecule has 0 aromatic carbocycles. The van der Waals surface area contributed by atoms with Gasteiger partial charge in [-0.1, -0.05) is 301 Å². The van der Waals surface area contributed by atoms with Crippen molar-refractivity contribution in [3.8, 4) is 0 Å². The van der Waals surface area contributed by atoms with Crippen LogP contribution in [0.15, 0.2) is 36.5 Å². The van der Waals surface area contributed by atoms with E-state index in [0.717, 1.165) is 51.4 Å². The molecule has 0 fully saturated rings. The molecule has 0 aliphatic rings. The van der Waals surface area contributed by atoms with Crippen molar-refractivity contribution in [3.63, 3.8) is 0 Å². The number of carbonyl (C=O) groups excluding carboxylic acids is 2. The summed E-state index contributed by atoms with van der Waals surface area (Å²) < 4.78 is 5.48. The molecule has 2 unspecified atom stereocenters. The second-order valence-electron chi connectivity index (χ2n) is 22.8. The molecule has 1 amide bonds. The largest absolute Gasteiger partial charge is 0.466 e. The molecule has 0 aliphatic heterocycles. The highest BCUT2D eigenvalue weighted by Gasteiger charge is 2.20. The van der Waals surface area contributed by atoms with Gasteiger partial charge in [0.1, 0.15) is 0 Å². The lowest BCUT2D eigenvalue weighted by atomic mass is 10.0. The Morgan fingerprint density at radius 1 is 0.378 bits per heavy atom. The fourth-order valence-corrected chi connectivity index (χ4v) is 10.3. The van der Waals surface area contributed by atoms with E-state index in [1.165, 1.54) is 276 Å². The maximum absolute atomic E-state index is 12.5. The van der Waals surface area contributed by atoms with E-state index in [4.69, 9.17) is 4.74 Å². The molecule has 0 saturated heterocycles. The lowest BCUT2D eigenvalue weighted by Crippen LogP contribution is -2.45. The van der Waals surface area contributed by atoms with E-state index in [-0.39, 0.29) is 18.5 Å². The van der Waals surface area contributed by atoms with Gasteiger partial charge < -0.3 is 20.3 Å². The van der Waals surface area contributed by atoms with Crippen LogP contribution in [-0.4, -0.2) is 47.4 Å². The van der Waals surface area contributed by atoms with E-state index in [9.17, 15) is 19.8 Å². The Balaban J connectivity index is 3.42. The van der Waals surface area contributed by atoms with E-state index in [1.54, 1.807) is 0 Å². The number of esters is 1. The van der Waals surface area contributed by atoms with Crippen LogP contribution in [0.2, 0.25) is 0 Å². The van der Waals surface area contributed by atoms with E-state index in [2.05, 4.69) is 55.6 Å². The molecule has 0 rings (SSSR count). The molecule has 0 aromatic rings. The zero-order valence-electron chi connectivity index (χ0n) is 49.8. The lowest BCUT2D eigenvalue weighted by Gasteiger charge is -2.22. The fourth-order valence-electron chi connectivity index (χ4n) is 10.3. The predicted octanol–water partition coefficient (Wildman–Crippen LogP) is 21.1. The average molecular weight is 1040 g/mol. The molecular formula is C68H129NO5. The number of hydrogen-bond acceptors (Lipinski definition) is 5. The third kappa shape index (κ3) is 59.3. The van der Waals surface area contributed by atoms with Gasteiger partial charge in [0.15, 0.2) is 0 Å². The quantitative estimate of drug-likeness (QED) is 0.0320. The molecule has 0 saturated carbocycles. The molecule has 2 atom stereocenters. The molecule has 3 N–H and O–H groups in total. The number of amides is 1. The smallest absolute Gasteiger partial charge is 0.305 e. The van der Waals surface area contributed by atoms with Crippen LogP contribution < -0.4 is 5.32 Å². The predicted molar refractivity (Wildman–Crippen MR) is 324 cm³/mol. The van der Waals surface area contributed by atoms with E-state index in [1.807, 2.05) is 0 Å². The Morgan fingerprint density at radius 2 is 0.676 bits per heavy atom. The van der Waals surface area contributed by atoms with Gasteiger partial charge in [0.2, 0.25) is 5.91 Å². The van der Waals surface area contributed by atoms with E-state index < -0.39 is 12.1 Å². The number of aliphatic hydroxyl groups excluding tert-OH is 2. The van der Waals surface area contributed by atoms with Crippen LogP contribution >= 0.6 is 0 Å². The van der Waals surface area contributed by atoms with Gasteiger partial charge in [0.25, 0.3) is 0 Å². The van der Waals surface area contributed by atoms with Crippen LogP contribution in [0.5, 0.6) is 0 Å². The Hall–Kier alpha value is -1.92. The zero-order chi connectivity index (χ0) is 53.6. The van der Waals surface area contributed by atoms with Crippen molar-refractivity contribution < 1.29 is 24.5 Å². The summed E-state index contributed by atoms with van der Waals surface area (Å²) in [5.74, 6) is -0.0337. The second-order valence-corrected chi connectivity index (χ2v) is 22.8. The van der Waals surface area contributed by atoms with Gasteiger partial charge in [-0.15, -0.1) is 0 Å². The molecule has 6 heteroatoms. The minimum absolute atomic E-state index is 0.00230. The summed E-state index contributed by atoms with van der Waals surface area (Å²) in [6.07, 6.45) is 80.3. The monoisotopic (exact) mass is 1040 g/mol. The molecular weight excluding hydrogens is 911 g/mol. The number of allylic oxidation sites excluding steroid dienone is 6. The molecule has 0 radical (unpaired) electrons. The number of hydrogen-bond donors (Lipinski definition) is 3. The van der Waals surface area contributed by atoms with Crippen molar-refractivity contribution in [3.05, 3.63) is 36.5 Å². The molecule has 0 aromatic heterocycles.